The number of carbonyl (C=O) groups excluding carboxylic acids is 1. The highest BCUT2D eigenvalue weighted by molar-refractivity contribution is 7.21. The number of carboxylic acids is 1. The lowest BCUT2D eigenvalue weighted by Crippen LogP contribution is -2.42. The summed E-state index contributed by atoms with van der Waals surface area (Å²) in [5, 5.41) is 10.2. The lowest BCUT2D eigenvalue weighted by molar-refractivity contribution is 0.0703. The van der Waals surface area contributed by atoms with Crippen molar-refractivity contribution in [1.29, 1.82) is 0 Å². The molecule has 9 heteroatoms. The van der Waals surface area contributed by atoms with Gasteiger partial charge in [-0.3, -0.25) is 4.90 Å². The summed E-state index contributed by atoms with van der Waals surface area (Å²) >= 11 is 1.05. The molecule has 5 rings (SSSR count). The van der Waals surface area contributed by atoms with Crippen LogP contribution in [0, 0.1) is 0 Å². The maximum Gasteiger partial charge on any atom is 0.348 e. The van der Waals surface area contributed by atoms with Crippen molar-refractivity contribution in [2.75, 3.05) is 16.8 Å². The lowest BCUT2D eigenvalue weighted by atomic mass is 10.1. The van der Waals surface area contributed by atoms with Crippen molar-refractivity contribution in [2.24, 2.45) is 0 Å². The molecule has 1 aliphatic heterocycles. The number of benzene rings is 1. The highest BCUT2D eigenvalue weighted by atomic mass is 32.1. The molecule has 4 heterocycles. The maximum atomic E-state index is 13.1. The van der Waals surface area contributed by atoms with Crippen molar-refractivity contribution in [3.05, 3.63) is 65.8 Å². The minimum absolute atomic E-state index is 0.0834. The number of aromatic nitrogens is 2. The molecule has 1 aromatic carbocycles. The fourth-order valence-electron chi connectivity index (χ4n) is 3.40. The molecule has 0 saturated heterocycles. The summed E-state index contributed by atoms with van der Waals surface area (Å²) in [5.41, 5.74) is 0.905. The number of amides is 2. The number of nitrogens with zero attached hydrogens (tertiary/aromatic N) is 4. The molecule has 8 nitrogen and oxygen atoms in total. The molecular formula is C21H14N4O4S. The van der Waals surface area contributed by atoms with Crippen LogP contribution < -0.4 is 14.5 Å². The van der Waals surface area contributed by atoms with Crippen molar-refractivity contribution < 1.29 is 19.4 Å². The monoisotopic (exact) mass is 418 g/mol. The van der Waals surface area contributed by atoms with Gasteiger partial charge in [0.25, 0.3) is 0 Å². The molecule has 3 aromatic heterocycles. The third kappa shape index (κ3) is 2.75. The summed E-state index contributed by atoms with van der Waals surface area (Å²) in [4.78, 5) is 36.9. The summed E-state index contributed by atoms with van der Waals surface area (Å²) in [5.74, 6) is 0.522. The molecule has 0 radical (unpaired) electrons. The first kappa shape index (κ1) is 18.1. The number of carboxylic acid groups (broad SMARTS) is 1. The van der Waals surface area contributed by atoms with Crippen LogP contribution in [0.5, 0.6) is 11.5 Å². The van der Waals surface area contributed by atoms with Gasteiger partial charge in [-0.25, -0.2) is 24.5 Å². The highest BCUT2D eigenvalue weighted by Gasteiger charge is 2.37. The Labute approximate surface area is 174 Å². The van der Waals surface area contributed by atoms with Crippen molar-refractivity contribution in [2.45, 2.75) is 0 Å². The number of rotatable bonds is 4. The number of thiophene rings is 1. The van der Waals surface area contributed by atoms with Gasteiger partial charge in [0.15, 0.2) is 0 Å². The van der Waals surface area contributed by atoms with E-state index in [1.807, 2.05) is 30.3 Å². The van der Waals surface area contributed by atoms with Gasteiger partial charge >= 0.3 is 12.0 Å². The van der Waals surface area contributed by atoms with Crippen LogP contribution in [-0.2, 0) is 0 Å². The van der Waals surface area contributed by atoms with Gasteiger partial charge in [-0.15, -0.1) is 11.3 Å². The van der Waals surface area contributed by atoms with Crippen molar-refractivity contribution in [1.82, 2.24) is 9.97 Å². The summed E-state index contributed by atoms with van der Waals surface area (Å²) in [6, 6.07) is 14.0. The molecule has 30 heavy (non-hydrogen) atoms. The Hall–Kier alpha value is -3.98. The van der Waals surface area contributed by atoms with Crippen LogP contribution in [0.3, 0.4) is 0 Å². The molecule has 4 aromatic rings. The number of hydrogen-bond acceptors (Lipinski definition) is 6. The number of anilines is 3. The van der Waals surface area contributed by atoms with Crippen LogP contribution >= 0.6 is 11.3 Å². The Balaban J connectivity index is 1.58. The third-order valence-electron chi connectivity index (χ3n) is 4.72. The quantitative estimate of drug-likeness (QED) is 0.507. The number of para-hydroxylation sites is 1. The van der Waals surface area contributed by atoms with Gasteiger partial charge in [0, 0.05) is 13.2 Å². The van der Waals surface area contributed by atoms with E-state index < -0.39 is 12.0 Å². The largest absolute Gasteiger partial charge is 0.477 e. The van der Waals surface area contributed by atoms with Crippen molar-refractivity contribution >= 4 is 50.7 Å². The molecule has 0 fully saturated rings. The van der Waals surface area contributed by atoms with E-state index in [1.165, 1.54) is 9.80 Å². The average molecular weight is 418 g/mol. The smallest absolute Gasteiger partial charge is 0.348 e. The number of aromatic carboxylic acids is 1. The molecule has 0 bridgehead atoms. The van der Waals surface area contributed by atoms with E-state index in [0.717, 1.165) is 11.3 Å². The first-order valence-corrected chi connectivity index (χ1v) is 9.78. The summed E-state index contributed by atoms with van der Waals surface area (Å²) in [6.07, 6.45) is 3.10. The number of pyridine rings is 2. The third-order valence-corrected chi connectivity index (χ3v) is 5.80. The Morgan fingerprint density at radius 2 is 1.87 bits per heavy atom. The number of urea groups is 1. The first-order chi connectivity index (χ1) is 14.5. The van der Waals surface area contributed by atoms with Gasteiger partial charge in [0.05, 0.1) is 23.0 Å². The number of carbonyl (C=O) groups is 2. The van der Waals surface area contributed by atoms with E-state index in [4.69, 9.17) is 4.74 Å². The van der Waals surface area contributed by atoms with Gasteiger partial charge in [0.2, 0.25) is 0 Å². The lowest BCUT2D eigenvalue weighted by Gasteiger charge is -2.32. The van der Waals surface area contributed by atoms with E-state index in [1.54, 1.807) is 37.6 Å². The predicted octanol–water partition coefficient (Wildman–Crippen LogP) is 4.89. The molecule has 0 atom stereocenters. The minimum atomic E-state index is -1.09. The van der Waals surface area contributed by atoms with Crippen LogP contribution in [0.4, 0.5) is 22.0 Å². The van der Waals surface area contributed by atoms with Gasteiger partial charge in [-0.1, -0.05) is 18.2 Å². The summed E-state index contributed by atoms with van der Waals surface area (Å²) in [7, 11) is 1.55. The van der Waals surface area contributed by atoms with E-state index in [-0.39, 0.29) is 4.88 Å². The van der Waals surface area contributed by atoms with E-state index in [2.05, 4.69) is 9.97 Å². The topological polar surface area (TPSA) is 95.9 Å². The second-order valence-corrected chi connectivity index (χ2v) is 7.54. The molecule has 2 amide bonds. The Kier molecular flexibility index (Phi) is 4.11. The highest BCUT2D eigenvalue weighted by Crippen LogP contribution is 2.47. The molecule has 1 aliphatic rings. The molecule has 0 aliphatic carbocycles. The Morgan fingerprint density at radius 1 is 1.07 bits per heavy atom. The van der Waals surface area contributed by atoms with Crippen LogP contribution in [0.2, 0.25) is 0 Å². The fraction of sp³-hybridized carbons (Fsp3) is 0.0476. The number of ether oxygens (including phenoxy) is 1. The number of hydrogen-bond donors (Lipinski definition) is 1. The van der Waals surface area contributed by atoms with Crippen LogP contribution in [0.15, 0.2) is 60.9 Å². The standard InChI is InChI=1S/C21H14N4O4S/c1-24-17-16-14(9-10-22-19(16)30-18(17)20(26)27)25(21(24)28)15-8-7-13(11-23-15)29-12-5-3-2-4-6-12/h2-11H,1H3,(H,26,27). The van der Waals surface area contributed by atoms with Crippen molar-refractivity contribution in [3.8, 4) is 11.5 Å². The van der Waals surface area contributed by atoms with Gasteiger partial charge in [-0.2, -0.15) is 0 Å². The van der Waals surface area contributed by atoms with E-state index in [9.17, 15) is 14.7 Å². The fourth-order valence-corrected chi connectivity index (χ4v) is 4.44. The zero-order valence-corrected chi connectivity index (χ0v) is 16.5. The zero-order chi connectivity index (χ0) is 20.8. The van der Waals surface area contributed by atoms with Gasteiger partial charge in [0.1, 0.15) is 27.0 Å². The molecule has 0 saturated carbocycles. The van der Waals surface area contributed by atoms with Gasteiger partial charge in [-0.05, 0) is 30.3 Å². The van der Waals surface area contributed by atoms with E-state index in [0.29, 0.717) is 38.9 Å². The normalized spacial score (nSPS) is 13.0. The van der Waals surface area contributed by atoms with Crippen molar-refractivity contribution in [3.63, 3.8) is 0 Å². The molecule has 148 valence electrons. The second-order valence-electron chi connectivity index (χ2n) is 6.54. The van der Waals surface area contributed by atoms with Gasteiger partial charge < -0.3 is 9.84 Å². The Bertz CT molecular complexity index is 1290. The predicted molar refractivity (Wildman–Crippen MR) is 113 cm³/mol. The van der Waals surface area contributed by atoms with E-state index >= 15 is 0 Å². The van der Waals surface area contributed by atoms with Crippen LogP contribution in [-0.4, -0.2) is 34.1 Å². The SMILES string of the molecule is CN1C(=O)N(c2ccc(Oc3ccccc3)cn2)c2ccnc3sc(C(=O)O)c1c23. The van der Waals surface area contributed by atoms with Crippen LogP contribution in [0.1, 0.15) is 9.67 Å². The summed E-state index contributed by atoms with van der Waals surface area (Å²) < 4.78 is 5.76. The second kappa shape index (κ2) is 6.82. The average Bonchev–Trinajstić information content (AvgIpc) is 3.15. The van der Waals surface area contributed by atoms with Crippen LogP contribution in [0.25, 0.3) is 10.2 Å². The molecule has 0 spiro atoms. The molecular weight excluding hydrogens is 404 g/mol. The minimum Gasteiger partial charge on any atom is -0.477 e. The first-order valence-electron chi connectivity index (χ1n) is 8.96. The molecule has 0 unspecified atom stereocenters. The maximum absolute atomic E-state index is 13.1. The zero-order valence-electron chi connectivity index (χ0n) is 15.6. The summed E-state index contributed by atoms with van der Waals surface area (Å²) in [6.45, 7) is 0. The molecule has 1 N–H and O–H groups in total. The Morgan fingerprint density at radius 3 is 2.57 bits per heavy atom.